The molecule has 0 radical (unpaired) electrons. The molecule has 0 fully saturated rings. The van der Waals surface area contributed by atoms with E-state index in [1.165, 1.54) is 21.8 Å². The number of aromatic nitrogens is 1. The summed E-state index contributed by atoms with van der Waals surface area (Å²) >= 11 is 0. The van der Waals surface area contributed by atoms with Crippen LogP contribution in [-0.4, -0.2) is 28.9 Å². The lowest BCUT2D eigenvalue weighted by atomic mass is 9.84. The van der Waals surface area contributed by atoms with Crippen molar-refractivity contribution < 1.29 is 9.76 Å². The van der Waals surface area contributed by atoms with Crippen molar-refractivity contribution in [2.24, 2.45) is 5.92 Å². The van der Waals surface area contributed by atoms with Gasteiger partial charge in [0.25, 0.3) is 0 Å². The predicted molar refractivity (Wildman–Crippen MR) is 124 cm³/mol. The molecular formula is C25H28BNO2. The summed E-state index contributed by atoms with van der Waals surface area (Å²) in [6.07, 6.45) is -0.219. The van der Waals surface area contributed by atoms with Gasteiger partial charge in [0.15, 0.2) is 0 Å². The zero-order chi connectivity index (χ0) is 20.6. The van der Waals surface area contributed by atoms with Crippen molar-refractivity contribution in [3.8, 4) is 5.69 Å². The van der Waals surface area contributed by atoms with Gasteiger partial charge in [0.05, 0.1) is 22.7 Å². The van der Waals surface area contributed by atoms with E-state index in [4.69, 9.17) is 4.65 Å². The van der Waals surface area contributed by atoms with Gasteiger partial charge >= 0.3 is 7.48 Å². The van der Waals surface area contributed by atoms with Gasteiger partial charge in [-0.2, -0.15) is 0 Å². The highest BCUT2D eigenvalue weighted by atomic mass is 16.5. The summed E-state index contributed by atoms with van der Waals surface area (Å²) in [6, 6.07) is 25.5. The second-order valence-corrected chi connectivity index (χ2v) is 8.67. The zero-order valence-electron chi connectivity index (χ0n) is 17.6. The van der Waals surface area contributed by atoms with Crippen LogP contribution in [0.4, 0.5) is 0 Å². The maximum Gasteiger partial charge on any atom is 0.309 e. The first kappa shape index (κ1) is 19.7. The highest BCUT2D eigenvalue weighted by Crippen LogP contribution is 2.31. The van der Waals surface area contributed by atoms with Crippen molar-refractivity contribution in [2.75, 3.05) is 0 Å². The Kier molecular flexibility index (Phi) is 5.24. The molecule has 3 aromatic carbocycles. The fraction of sp³-hybridized carbons (Fsp3) is 0.280. The average molecular weight is 385 g/mol. The van der Waals surface area contributed by atoms with Gasteiger partial charge in [-0.05, 0) is 44.0 Å². The summed E-state index contributed by atoms with van der Waals surface area (Å²) < 4.78 is 8.46. The van der Waals surface area contributed by atoms with Crippen LogP contribution in [-0.2, 0) is 4.65 Å². The van der Waals surface area contributed by atoms with Crippen LogP contribution in [0, 0.1) is 5.92 Å². The van der Waals surface area contributed by atoms with Gasteiger partial charge in [-0.3, -0.25) is 0 Å². The van der Waals surface area contributed by atoms with E-state index in [2.05, 4.69) is 85.1 Å². The first-order chi connectivity index (χ1) is 13.9. The number of aliphatic hydroxyl groups is 1. The van der Waals surface area contributed by atoms with Crippen LogP contribution in [0.1, 0.15) is 27.7 Å². The van der Waals surface area contributed by atoms with Crippen LogP contribution >= 0.6 is 0 Å². The number of hydrogen-bond donors (Lipinski definition) is 1. The second kappa shape index (κ2) is 7.70. The van der Waals surface area contributed by atoms with Crippen molar-refractivity contribution in [3.05, 3.63) is 72.8 Å². The van der Waals surface area contributed by atoms with Crippen molar-refractivity contribution in [1.82, 2.24) is 4.57 Å². The van der Waals surface area contributed by atoms with Gasteiger partial charge in [-0.15, -0.1) is 0 Å². The molecule has 0 aliphatic carbocycles. The molecule has 0 saturated carbocycles. The average Bonchev–Trinajstić information content (AvgIpc) is 3.01. The third-order valence-electron chi connectivity index (χ3n) is 5.48. The molecule has 4 rings (SSSR count). The lowest BCUT2D eigenvalue weighted by Gasteiger charge is -2.33. The number of rotatable bonds is 6. The Bertz CT molecular complexity index is 1130. The molecule has 3 nitrogen and oxygen atoms in total. The third-order valence-corrected chi connectivity index (χ3v) is 5.48. The molecule has 1 unspecified atom stereocenters. The molecule has 1 atom stereocenters. The highest BCUT2D eigenvalue weighted by Gasteiger charge is 2.30. The van der Waals surface area contributed by atoms with Crippen LogP contribution in [0.15, 0.2) is 72.8 Å². The second-order valence-electron chi connectivity index (χ2n) is 8.67. The molecule has 148 valence electrons. The van der Waals surface area contributed by atoms with Gasteiger partial charge in [0, 0.05) is 16.5 Å². The summed E-state index contributed by atoms with van der Waals surface area (Å²) in [4.78, 5) is 0. The fourth-order valence-electron chi connectivity index (χ4n) is 4.36. The molecule has 4 heteroatoms. The summed E-state index contributed by atoms with van der Waals surface area (Å²) in [7, 11) is 0.480. The van der Waals surface area contributed by atoms with E-state index in [0.29, 0.717) is 7.48 Å². The molecule has 0 aliphatic rings. The van der Waals surface area contributed by atoms with E-state index in [-0.39, 0.29) is 12.0 Å². The van der Waals surface area contributed by atoms with Gasteiger partial charge in [0.2, 0.25) is 0 Å². The Morgan fingerprint density at radius 3 is 2.21 bits per heavy atom. The van der Waals surface area contributed by atoms with Gasteiger partial charge in [0.1, 0.15) is 0 Å². The number of benzene rings is 3. The summed E-state index contributed by atoms with van der Waals surface area (Å²) in [5.41, 5.74) is 3.78. The molecule has 0 saturated heterocycles. The van der Waals surface area contributed by atoms with Crippen LogP contribution in [0.5, 0.6) is 0 Å². The summed E-state index contributed by atoms with van der Waals surface area (Å²) in [6.45, 7) is 7.79. The monoisotopic (exact) mass is 385 g/mol. The molecule has 29 heavy (non-hydrogen) atoms. The van der Waals surface area contributed by atoms with Gasteiger partial charge < -0.3 is 14.3 Å². The lowest BCUT2D eigenvalue weighted by Crippen LogP contribution is -2.44. The number of nitrogens with zero attached hydrogens (tertiary/aromatic N) is 1. The largest absolute Gasteiger partial charge is 0.429 e. The van der Waals surface area contributed by atoms with Crippen molar-refractivity contribution in [3.63, 3.8) is 0 Å². The van der Waals surface area contributed by atoms with E-state index in [9.17, 15) is 5.11 Å². The first-order valence-corrected chi connectivity index (χ1v) is 10.3. The first-order valence-electron chi connectivity index (χ1n) is 10.3. The quantitative estimate of drug-likeness (QED) is 0.494. The topological polar surface area (TPSA) is 34.4 Å². The SMILES string of the molecule is CC(C)C(OBc1ccc2c(c1)c1ccccc1n2-c1ccccc1)C(C)(C)O. The van der Waals surface area contributed by atoms with E-state index in [1.54, 1.807) is 0 Å². The van der Waals surface area contributed by atoms with Gasteiger partial charge in [-0.25, -0.2) is 0 Å². The Balaban J connectivity index is 1.76. The van der Waals surface area contributed by atoms with Crippen molar-refractivity contribution in [2.45, 2.75) is 39.4 Å². The van der Waals surface area contributed by atoms with Crippen LogP contribution in [0.3, 0.4) is 0 Å². The third kappa shape index (κ3) is 3.83. The predicted octanol–water partition coefficient (Wildman–Crippen LogP) is 4.57. The minimum atomic E-state index is -0.873. The highest BCUT2D eigenvalue weighted by molar-refractivity contribution is 6.47. The van der Waals surface area contributed by atoms with Crippen LogP contribution < -0.4 is 5.46 Å². The Morgan fingerprint density at radius 2 is 1.52 bits per heavy atom. The van der Waals surface area contributed by atoms with Crippen LogP contribution in [0.25, 0.3) is 27.5 Å². The number of hydrogen-bond acceptors (Lipinski definition) is 2. The molecule has 0 spiro atoms. The Hall–Kier alpha value is -2.56. The molecule has 0 bridgehead atoms. The van der Waals surface area contributed by atoms with Crippen molar-refractivity contribution in [1.29, 1.82) is 0 Å². The lowest BCUT2D eigenvalue weighted by molar-refractivity contribution is -0.0534. The minimum absolute atomic E-state index is 0.219. The molecule has 4 aromatic rings. The maximum absolute atomic E-state index is 10.4. The molecule has 1 heterocycles. The normalized spacial score (nSPS) is 13.3. The summed E-state index contributed by atoms with van der Waals surface area (Å²) in [5, 5.41) is 12.9. The van der Waals surface area contributed by atoms with E-state index >= 15 is 0 Å². The minimum Gasteiger partial charge on any atom is -0.429 e. The van der Waals surface area contributed by atoms with Gasteiger partial charge in [-0.1, -0.05) is 67.8 Å². The standard InChI is InChI=1S/C25H28BNO2/c1-17(2)24(25(3,4)28)29-26-18-14-15-23-21(16-18)20-12-8-9-13-22(20)27(23)19-10-6-5-7-11-19/h5-17,24,26,28H,1-4H3. The maximum atomic E-state index is 10.4. The smallest absolute Gasteiger partial charge is 0.309 e. The summed E-state index contributed by atoms with van der Waals surface area (Å²) in [5.74, 6) is 0.235. The van der Waals surface area contributed by atoms with Crippen LogP contribution in [0.2, 0.25) is 0 Å². The Labute approximate surface area is 173 Å². The zero-order valence-corrected chi connectivity index (χ0v) is 17.6. The van der Waals surface area contributed by atoms with Crippen molar-refractivity contribution >= 4 is 34.8 Å². The fourth-order valence-corrected chi connectivity index (χ4v) is 4.36. The molecule has 1 N–H and O–H groups in total. The van der Waals surface area contributed by atoms with E-state index < -0.39 is 5.60 Å². The molecular weight excluding hydrogens is 357 g/mol. The number of fused-ring (bicyclic) bond motifs is 3. The van der Waals surface area contributed by atoms with E-state index in [1.807, 2.05) is 19.9 Å². The molecule has 0 aliphatic heterocycles. The number of para-hydroxylation sites is 2. The van der Waals surface area contributed by atoms with E-state index in [0.717, 1.165) is 11.2 Å². The Morgan fingerprint density at radius 1 is 0.862 bits per heavy atom. The molecule has 0 amide bonds. The molecule has 1 aromatic heterocycles.